The van der Waals surface area contributed by atoms with Crippen molar-refractivity contribution in [3.63, 3.8) is 0 Å². The molecule has 4 nitrogen and oxygen atoms in total. The van der Waals surface area contributed by atoms with Gasteiger partial charge < -0.3 is 14.7 Å². The molecule has 1 amide bonds. The summed E-state index contributed by atoms with van der Waals surface area (Å²) in [6, 6.07) is 5.83. The molecule has 0 aromatic heterocycles. The molecule has 1 N–H and O–H groups in total. The fourth-order valence-corrected chi connectivity index (χ4v) is 2.19. The van der Waals surface area contributed by atoms with Crippen molar-refractivity contribution in [3.8, 4) is 5.75 Å². The summed E-state index contributed by atoms with van der Waals surface area (Å²) in [4.78, 5) is 13.6. The second kappa shape index (κ2) is 5.89. The van der Waals surface area contributed by atoms with Gasteiger partial charge in [0, 0.05) is 24.7 Å². The second-order valence-corrected chi connectivity index (χ2v) is 4.81. The fraction of sp³-hybridized carbons (Fsp3) is 0.400. The summed E-state index contributed by atoms with van der Waals surface area (Å²) < 4.78 is 5.26. The molecule has 1 heterocycles. The summed E-state index contributed by atoms with van der Waals surface area (Å²) in [5, 5.41) is 9.41. The van der Waals surface area contributed by atoms with Gasteiger partial charge in [-0.1, -0.05) is 11.6 Å². The molecule has 0 spiro atoms. The smallest absolute Gasteiger partial charge is 0.246 e. The minimum absolute atomic E-state index is 0.0693. The van der Waals surface area contributed by atoms with Crippen LogP contribution in [0.15, 0.2) is 24.3 Å². The van der Waals surface area contributed by atoms with E-state index in [9.17, 15) is 9.90 Å². The normalized spacial score (nSPS) is 19.1. The largest absolute Gasteiger partial charge is 0.496 e. The van der Waals surface area contributed by atoms with E-state index in [0.717, 1.165) is 16.9 Å². The van der Waals surface area contributed by atoms with Crippen molar-refractivity contribution in [2.24, 2.45) is 0 Å². The molecular weight excluding hydrogens is 242 g/mol. The van der Waals surface area contributed by atoms with E-state index in [-0.39, 0.29) is 12.0 Å². The van der Waals surface area contributed by atoms with Crippen molar-refractivity contribution in [1.29, 1.82) is 0 Å². The van der Waals surface area contributed by atoms with Crippen molar-refractivity contribution < 1.29 is 14.6 Å². The molecule has 1 saturated heterocycles. The van der Waals surface area contributed by atoms with E-state index < -0.39 is 0 Å². The third kappa shape index (κ3) is 3.35. The van der Waals surface area contributed by atoms with Gasteiger partial charge in [-0.05, 0) is 31.6 Å². The molecule has 1 fully saturated rings. The Morgan fingerprint density at radius 2 is 2.32 bits per heavy atom. The maximum absolute atomic E-state index is 11.9. The molecule has 1 unspecified atom stereocenters. The molecule has 1 atom stereocenters. The Labute approximate surface area is 113 Å². The van der Waals surface area contributed by atoms with Crippen LogP contribution in [0, 0.1) is 6.92 Å². The summed E-state index contributed by atoms with van der Waals surface area (Å²) in [5.41, 5.74) is 2.00. The van der Waals surface area contributed by atoms with E-state index in [4.69, 9.17) is 4.74 Å². The minimum atomic E-state index is -0.383. The third-order valence-electron chi connectivity index (χ3n) is 3.27. The average molecular weight is 261 g/mol. The van der Waals surface area contributed by atoms with Gasteiger partial charge in [0.2, 0.25) is 5.91 Å². The highest BCUT2D eigenvalue weighted by Crippen LogP contribution is 2.21. The molecule has 2 rings (SSSR count). The molecule has 1 aromatic rings. The first-order chi connectivity index (χ1) is 9.10. The Morgan fingerprint density at radius 3 is 2.95 bits per heavy atom. The van der Waals surface area contributed by atoms with Gasteiger partial charge in [-0.3, -0.25) is 4.79 Å². The summed E-state index contributed by atoms with van der Waals surface area (Å²) in [7, 11) is 1.61. The second-order valence-electron chi connectivity index (χ2n) is 4.81. The lowest BCUT2D eigenvalue weighted by atomic mass is 10.1. The summed E-state index contributed by atoms with van der Waals surface area (Å²) in [6.45, 7) is 3.04. The van der Waals surface area contributed by atoms with Gasteiger partial charge in [0.05, 0.1) is 13.2 Å². The maximum Gasteiger partial charge on any atom is 0.246 e. The van der Waals surface area contributed by atoms with Crippen LogP contribution in [0.1, 0.15) is 17.5 Å². The first-order valence-electron chi connectivity index (χ1n) is 6.40. The zero-order valence-electron chi connectivity index (χ0n) is 11.3. The Hall–Kier alpha value is -1.81. The molecule has 1 aliphatic heterocycles. The quantitative estimate of drug-likeness (QED) is 0.841. The van der Waals surface area contributed by atoms with E-state index in [1.165, 1.54) is 6.08 Å². The standard InChI is InChI=1S/C15H19NO3/c1-11-3-5-14(19-2)12(9-11)4-6-15(18)16-8-7-13(17)10-16/h3-6,9,13,17H,7-8,10H2,1-2H3. The van der Waals surface area contributed by atoms with Crippen LogP contribution in [-0.4, -0.2) is 42.2 Å². The zero-order chi connectivity index (χ0) is 13.8. The van der Waals surface area contributed by atoms with Gasteiger partial charge in [-0.25, -0.2) is 0 Å². The van der Waals surface area contributed by atoms with Gasteiger partial charge in [-0.15, -0.1) is 0 Å². The highest BCUT2D eigenvalue weighted by Gasteiger charge is 2.22. The lowest BCUT2D eigenvalue weighted by Gasteiger charge is -2.12. The van der Waals surface area contributed by atoms with Gasteiger partial charge in [0.25, 0.3) is 0 Å². The van der Waals surface area contributed by atoms with Crippen LogP contribution >= 0.6 is 0 Å². The number of ether oxygens (including phenoxy) is 1. The number of carbonyl (C=O) groups is 1. The number of β-amino-alcohol motifs (C(OH)–C–C–N with tert-alkyl or cyclic N) is 1. The number of likely N-dealkylation sites (tertiary alicyclic amines) is 1. The Morgan fingerprint density at radius 1 is 1.53 bits per heavy atom. The highest BCUT2D eigenvalue weighted by atomic mass is 16.5. The van der Waals surface area contributed by atoms with Crippen LogP contribution in [0.2, 0.25) is 0 Å². The molecule has 0 radical (unpaired) electrons. The lowest BCUT2D eigenvalue weighted by molar-refractivity contribution is -0.125. The van der Waals surface area contributed by atoms with Crippen molar-refractivity contribution >= 4 is 12.0 Å². The Kier molecular flexibility index (Phi) is 4.22. The molecule has 19 heavy (non-hydrogen) atoms. The fourth-order valence-electron chi connectivity index (χ4n) is 2.19. The monoisotopic (exact) mass is 261 g/mol. The van der Waals surface area contributed by atoms with Gasteiger partial charge >= 0.3 is 0 Å². The number of nitrogens with zero attached hydrogens (tertiary/aromatic N) is 1. The number of rotatable bonds is 3. The molecule has 1 aliphatic rings. The van der Waals surface area contributed by atoms with Crippen LogP contribution in [0.3, 0.4) is 0 Å². The number of hydrogen-bond acceptors (Lipinski definition) is 3. The predicted octanol–water partition coefficient (Wildman–Crippen LogP) is 1.61. The molecule has 4 heteroatoms. The first-order valence-corrected chi connectivity index (χ1v) is 6.40. The third-order valence-corrected chi connectivity index (χ3v) is 3.27. The van der Waals surface area contributed by atoms with E-state index >= 15 is 0 Å². The van der Waals surface area contributed by atoms with Crippen LogP contribution in [-0.2, 0) is 4.79 Å². The van der Waals surface area contributed by atoms with Crippen LogP contribution < -0.4 is 4.74 Å². The number of aliphatic hydroxyl groups is 1. The lowest BCUT2D eigenvalue weighted by Crippen LogP contribution is -2.27. The number of carbonyl (C=O) groups excluding carboxylic acids is 1. The topological polar surface area (TPSA) is 49.8 Å². The zero-order valence-corrected chi connectivity index (χ0v) is 11.3. The number of methoxy groups -OCH3 is 1. The summed E-state index contributed by atoms with van der Waals surface area (Å²) in [6.07, 6.45) is 3.58. The maximum atomic E-state index is 11.9. The molecule has 0 bridgehead atoms. The van der Waals surface area contributed by atoms with E-state index in [1.54, 1.807) is 18.1 Å². The average Bonchev–Trinajstić information content (AvgIpc) is 2.83. The minimum Gasteiger partial charge on any atom is -0.496 e. The Bertz CT molecular complexity index is 496. The molecule has 102 valence electrons. The first kappa shape index (κ1) is 13.6. The summed E-state index contributed by atoms with van der Waals surface area (Å²) >= 11 is 0. The number of aryl methyl sites for hydroxylation is 1. The van der Waals surface area contributed by atoms with Gasteiger partial charge in [-0.2, -0.15) is 0 Å². The van der Waals surface area contributed by atoms with Crippen LogP contribution in [0.5, 0.6) is 5.75 Å². The number of benzene rings is 1. The van der Waals surface area contributed by atoms with Crippen molar-refractivity contribution in [3.05, 3.63) is 35.4 Å². The molecule has 0 saturated carbocycles. The molecule has 1 aromatic carbocycles. The van der Waals surface area contributed by atoms with E-state index in [2.05, 4.69) is 0 Å². The van der Waals surface area contributed by atoms with E-state index in [0.29, 0.717) is 19.5 Å². The Balaban J connectivity index is 2.09. The SMILES string of the molecule is COc1ccc(C)cc1C=CC(=O)N1CCC(O)C1. The van der Waals surface area contributed by atoms with Gasteiger partial charge in [0.1, 0.15) is 5.75 Å². The number of aliphatic hydroxyl groups excluding tert-OH is 1. The van der Waals surface area contributed by atoms with E-state index in [1.807, 2.05) is 25.1 Å². The van der Waals surface area contributed by atoms with Crippen LogP contribution in [0.25, 0.3) is 6.08 Å². The van der Waals surface area contributed by atoms with Crippen molar-refractivity contribution in [2.75, 3.05) is 20.2 Å². The molecular formula is C15H19NO3. The van der Waals surface area contributed by atoms with Crippen molar-refractivity contribution in [1.82, 2.24) is 4.90 Å². The van der Waals surface area contributed by atoms with Crippen LogP contribution in [0.4, 0.5) is 0 Å². The highest BCUT2D eigenvalue weighted by molar-refractivity contribution is 5.92. The number of amides is 1. The summed E-state index contributed by atoms with van der Waals surface area (Å²) in [5.74, 6) is 0.677. The molecule has 0 aliphatic carbocycles. The van der Waals surface area contributed by atoms with Gasteiger partial charge in [0.15, 0.2) is 0 Å². The number of hydrogen-bond donors (Lipinski definition) is 1. The van der Waals surface area contributed by atoms with Crippen molar-refractivity contribution in [2.45, 2.75) is 19.4 Å². The predicted molar refractivity (Wildman–Crippen MR) is 74.0 cm³/mol.